The molecule has 13 heavy (non-hydrogen) atoms. The van der Waals surface area contributed by atoms with Gasteiger partial charge in [0.1, 0.15) is 0 Å². The van der Waals surface area contributed by atoms with E-state index in [1.165, 1.54) is 10.7 Å². The van der Waals surface area contributed by atoms with Gasteiger partial charge in [-0.1, -0.05) is 0 Å². The molecule has 1 aromatic rings. The maximum Gasteiger partial charge on any atom is 0.266 e. The number of hydrogen-bond donors (Lipinski definition) is 1. The van der Waals surface area contributed by atoms with Crippen molar-refractivity contribution < 1.29 is 0 Å². The summed E-state index contributed by atoms with van der Waals surface area (Å²) in [6, 6.07) is 3.33. The summed E-state index contributed by atoms with van der Waals surface area (Å²) in [6.07, 6.45) is 0.774. The molecule has 1 heterocycles. The Labute approximate surface area is 77.4 Å². The summed E-state index contributed by atoms with van der Waals surface area (Å²) in [7, 11) is 0. The smallest absolute Gasteiger partial charge is 0.266 e. The van der Waals surface area contributed by atoms with E-state index in [-0.39, 0.29) is 11.6 Å². The van der Waals surface area contributed by atoms with E-state index in [0.717, 1.165) is 12.1 Å². The lowest BCUT2D eigenvalue weighted by atomic mass is 10.2. The number of nitrogens with two attached hydrogens (primary N) is 1. The van der Waals surface area contributed by atoms with Crippen molar-refractivity contribution in [3.8, 4) is 0 Å². The van der Waals surface area contributed by atoms with E-state index >= 15 is 0 Å². The van der Waals surface area contributed by atoms with E-state index in [9.17, 15) is 4.79 Å². The third kappa shape index (κ3) is 2.39. The van der Waals surface area contributed by atoms with Gasteiger partial charge in [-0.2, -0.15) is 5.10 Å². The minimum absolute atomic E-state index is 0.0634. The van der Waals surface area contributed by atoms with Crippen LogP contribution in [-0.2, 0) is 0 Å². The number of aromatic nitrogens is 2. The summed E-state index contributed by atoms with van der Waals surface area (Å²) in [6.45, 7) is 4.38. The second-order valence-electron chi connectivity index (χ2n) is 3.18. The molecule has 0 bridgehead atoms. The summed E-state index contributed by atoms with van der Waals surface area (Å²) in [5, 5.41) is 4.14. The Morgan fingerprint density at radius 3 is 2.92 bits per heavy atom. The van der Waals surface area contributed by atoms with Crippen molar-refractivity contribution in [1.29, 1.82) is 0 Å². The van der Waals surface area contributed by atoms with Crippen LogP contribution in [0, 0.1) is 6.92 Å². The predicted molar refractivity (Wildman–Crippen MR) is 51.6 cm³/mol. The second kappa shape index (κ2) is 4.18. The largest absolute Gasteiger partial charge is 0.330 e. The molecule has 1 atom stereocenters. The number of nitrogens with zero attached hydrogens (tertiary/aromatic N) is 2. The minimum Gasteiger partial charge on any atom is -0.330 e. The van der Waals surface area contributed by atoms with E-state index in [1.54, 1.807) is 6.07 Å². The van der Waals surface area contributed by atoms with E-state index in [4.69, 9.17) is 5.73 Å². The van der Waals surface area contributed by atoms with Gasteiger partial charge in [-0.3, -0.25) is 4.79 Å². The molecule has 0 aliphatic heterocycles. The van der Waals surface area contributed by atoms with E-state index < -0.39 is 0 Å². The van der Waals surface area contributed by atoms with Crippen LogP contribution in [0.3, 0.4) is 0 Å². The molecule has 0 aromatic carbocycles. The van der Waals surface area contributed by atoms with Gasteiger partial charge in [0.15, 0.2) is 0 Å². The van der Waals surface area contributed by atoms with Gasteiger partial charge in [-0.05, 0) is 32.9 Å². The molecule has 4 heteroatoms. The quantitative estimate of drug-likeness (QED) is 0.737. The molecule has 1 aromatic heterocycles. The zero-order valence-electron chi connectivity index (χ0n) is 8.03. The summed E-state index contributed by atoms with van der Waals surface area (Å²) in [5.74, 6) is 0. The lowest BCUT2D eigenvalue weighted by Crippen LogP contribution is -2.26. The molecule has 0 fully saturated rings. The molecule has 72 valence electrons. The van der Waals surface area contributed by atoms with Gasteiger partial charge < -0.3 is 5.73 Å². The minimum atomic E-state index is -0.0634. The highest BCUT2D eigenvalue weighted by Crippen LogP contribution is 2.03. The molecule has 0 radical (unpaired) electrons. The first-order valence-corrected chi connectivity index (χ1v) is 4.41. The lowest BCUT2D eigenvalue weighted by molar-refractivity contribution is 0.439. The summed E-state index contributed by atoms with van der Waals surface area (Å²) in [4.78, 5) is 11.3. The highest BCUT2D eigenvalue weighted by Gasteiger charge is 2.06. The fourth-order valence-electron chi connectivity index (χ4n) is 1.20. The van der Waals surface area contributed by atoms with Crippen LogP contribution in [0.2, 0.25) is 0 Å². The Balaban J connectivity index is 2.99. The average Bonchev–Trinajstić information content (AvgIpc) is 2.09. The fraction of sp³-hybridized carbons (Fsp3) is 0.556. The summed E-state index contributed by atoms with van der Waals surface area (Å²) >= 11 is 0. The highest BCUT2D eigenvalue weighted by atomic mass is 16.1. The van der Waals surface area contributed by atoms with Gasteiger partial charge in [-0.15, -0.1) is 0 Å². The monoisotopic (exact) mass is 181 g/mol. The molecule has 0 saturated carbocycles. The Morgan fingerprint density at radius 2 is 2.31 bits per heavy atom. The Bertz CT molecular complexity index is 332. The molecular formula is C9H15N3O. The van der Waals surface area contributed by atoms with E-state index in [0.29, 0.717) is 6.54 Å². The van der Waals surface area contributed by atoms with Crippen molar-refractivity contribution in [3.05, 3.63) is 28.2 Å². The lowest BCUT2D eigenvalue weighted by Gasteiger charge is -2.12. The molecular weight excluding hydrogens is 166 g/mol. The molecule has 4 nitrogen and oxygen atoms in total. The normalized spacial score (nSPS) is 12.8. The van der Waals surface area contributed by atoms with E-state index in [2.05, 4.69) is 5.10 Å². The fourth-order valence-corrected chi connectivity index (χ4v) is 1.20. The summed E-state index contributed by atoms with van der Waals surface area (Å²) in [5.41, 5.74) is 6.20. The standard InChI is InChI=1S/C9H15N3O/c1-7-3-4-9(13)12(11-7)8(2)5-6-10/h3-4,8H,5-6,10H2,1-2H3/t8-/m0/s1. The van der Waals surface area contributed by atoms with Gasteiger partial charge >= 0.3 is 0 Å². The Kier molecular flexibility index (Phi) is 3.19. The number of hydrogen-bond acceptors (Lipinski definition) is 3. The molecule has 0 aliphatic rings. The van der Waals surface area contributed by atoms with Crippen molar-refractivity contribution in [2.75, 3.05) is 6.54 Å². The van der Waals surface area contributed by atoms with Gasteiger partial charge in [0.05, 0.1) is 11.7 Å². The highest BCUT2D eigenvalue weighted by molar-refractivity contribution is 4.97. The van der Waals surface area contributed by atoms with Crippen LogP contribution in [-0.4, -0.2) is 16.3 Å². The Morgan fingerprint density at radius 1 is 1.62 bits per heavy atom. The molecule has 0 saturated heterocycles. The number of aryl methyl sites for hydroxylation is 1. The van der Waals surface area contributed by atoms with Crippen LogP contribution in [0.15, 0.2) is 16.9 Å². The topological polar surface area (TPSA) is 60.9 Å². The zero-order valence-corrected chi connectivity index (χ0v) is 8.03. The molecule has 0 unspecified atom stereocenters. The van der Waals surface area contributed by atoms with Crippen molar-refractivity contribution in [2.45, 2.75) is 26.3 Å². The molecule has 0 aliphatic carbocycles. The van der Waals surface area contributed by atoms with Crippen LogP contribution in [0.25, 0.3) is 0 Å². The third-order valence-electron chi connectivity index (χ3n) is 1.96. The first kappa shape index (κ1) is 9.92. The SMILES string of the molecule is Cc1ccc(=O)n([C@@H](C)CCN)n1. The number of rotatable bonds is 3. The van der Waals surface area contributed by atoms with Gasteiger partial charge in [0, 0.05) is 6.07 Å². The maximum absolute atomic E-state index is 11.3. The predicted octanol–water partition coefficient (Wildman–Crippen LogP) is 0.462. The van der Waals surface area contributed by atoms with Gasteiger partial charge in [-0.25, -0.2) is 4.68 Å². The van der Waals surface area contributed by atoms with Crippen LogP contribution in [0.1, 0.15) is 25.1 Å². The van der Waals surface area contributed by atoms with E-state index in [1.807, 2.05) is 13.8 Å². The van der Waals surface area contributed by atoms with Crippen LogP contribution >= 0.6 is 0 Å². The van der Waals surface area contributed by atoms with Crippen molar-refractivity contribution in [3.63, 3.8) is 0 Å². The molecule has 1 rings (SSSR count). The van der Waals surface area contributed by atoms with Crippen LogP contribution in [0.4, 0.5) is 0 Å². The maximum atomic E-state index is 11.3. The average molecular weight is 181 g/mol. The van der Waals surface area contributed by atoms with Crippen LogP contribution < -0.4 is 11.3 Å². The molecule has 0 amide bonds. The molecule has 0 spiro atoms. The molecule has 2 N–H and O–H groups in total. The van der Waals surface area contributed by atoms with Gasteiger partial charge in [0.2, 0.25) is 0 Å². The van der Waals surface area contributed by atoms with Crippen molar-refractivity contribution >= 4 is 0 Å². The second-order valence-corrected chi connectivity index (χ2v) is 3.18. The first-order valence-electron chi connectivity index (χ1n) is 4.41. The first-order chi connectivity index (χ1) is 6.15. The van der Waals surface area contributed by atoms with Crippen molar-refractivity contribution in [1.82, 2.24) is 9.78 Å². The van der Waals surface area contributed by atoms with Gasteiger partial charge in [0.25, 0.3) is 5.56 Å². The Hall–Kier alpha value is -1.16. The van der Waals surface area contributed by atoms with Crippen molar-refractivity contribution in [2.24, 2.45) is 5.73 Å². The van der Waals surface area contributed by atoms with Crippen LogP contribution in [0.5, 0.6) is 0 Å². The third-order valence-corrected chi connectivity index (χ3v) is 1.96. The summed E-state index contributed by atoms with van der Waals surface area (Å²) < 4.78 is 1.49. The zero-order chi connectivity index (χ0) is 9.84.